The fourth-order valence-corrected chi connectivity index (χ4v) is 6.91. The molecule has 0 aliphatic heterocycles. The fourth-order valence-electron chi connectivity index (χ4n) is 1.66. The van der Waals surface area contributed by atoms with Gasteiger partial charge in [-0.25, -0.2) is 13.4 Å². The van der Waals surface area contributed by atoms with Crippen molar-refractivity contribution in [2.75, 3.05) is 4.72 Å². The van der Waals surface area contributed by atoms with Crippen LogP contribution in [-0.2, 0) is 14.8 Å². The van der Waals surface area contributed by atoms with Gasteiger partial charge < -0.3 is 5.11 Å². The first-order valence-corrected chi connectivity index (χ1v) is 10.2. The van der Waals surface area contributed by atoms with Crippen LogP contribution in [0.4, 0.5) is 5.13 Å². The highest BCUT2D eigenvalue weighted by atomic mass is 79.9. The highest BCUT2D eigenvalue weighted by Gasteiger charge is 2.25. The predicted octanol–water partition coefficient (Wildman–Crippen LogP) is 4.00. The average molecular weight is 446 g/mol. The molecule has 0 aliphatic rings. The molecule has 2 aromatic heterocycles. The fraction of sp³-hybridized carbons (Fsp3) is 0.273. The van der Waals surface area contributed by atoms with Gasteiger partial charge in [0.05, 0.1) is 14.7 Å². The van der Waals surface area contributed by atoms with E-state index in [0.29, 0.717) is 20.1 Å². The van der Waals surface area contributed by atoms with Gasteiger partial charge in [-0.1, -0.05) is 18.5 Å². The summed E-state index contributed by atoms with van der Waals surface area (Å²) in [7, 11) is -3.82. The molecule has 0 bridgehead atoms. The summed E-state index contributed by atoms with van der Waals surface area (Å²) >= 11 is 10.8. The molecule has 0 radical (unpaired) electrons. The maximum Gasteiger partial charge on any atom is 0.311 e. The first-order valence-electron chi connectivity index (χ1n) is 5.90. The van der Waals surface area contributed by atoms with Gasteiger partial charge in [-0.3, -0.25) is 9.52 Å². The molecule has 2 rings (SSSR count). The number of rotatable bonds is 6. The standard InChI is InChI=1S/C11H10BrClN2O4S3/c1-2-5(9(16)17)7-4-14-11(20-7)15-22(18,19)10-6(12)3-8(13)21-10/h3-5H,2H2,1H3,(H,14,15)(H,16,17). The third kappa shape index (κ3) is 3.80. The third-order valence-corrected chi connectivity index (χ3v) is 8.11. The quantitative estimate of drug-likeness (QED) is 0.700. The summed E-state index contributed by atoms with van der Waals surface area (Å²) in [6, 6.07) is 1.49. The van der Waals surface area contributed by atoms with Crippen LogP contribution in [0, 0.1) is 0 Å². The summed E-state index contributed by atoms with van der Waals surface area (Å²) in [5.41, 5.74) is 0. The van der Waals surface area contributed by atoms with Crippen molar-refractivity contribution in [2.24, 2.45) is 0 Å². The van der Waals surface area contributed by atoms with Crippen LogP contribution >= 0.6 is 50.2 Å². The van der Waals surface area contributed by atoms with Crippen LogP contribution in [0.25, 0.3) is 0 Å². The number of hydrogen-bond acceptors (Lipinski definition) is 6. The van der Waals surface area contributed by atoms with Crippen LogP contribution in [0.3, 0.4) is 0 Å². The monoisotopic (exact) mass is 444 g/mol. The topological polar surface area (TPSA) is 96.4 Å². The van der Waals surface area contributed by atoms with Gasteiger partial charge in [0.2, 0.25) is 0 Å². The number of thiazole rings is 1. The minimum absolute atomic E-state index is 0.0412. The molecule has 120 valence electrons. The highest BCUT2D eigenvalue weighted by molar-refractivity contribution is 9.10. The summed E-state index contributed by atoms with van der Waals surface area (Å²) in [6.07, 6.45) is 1.77. The lowest BCUT2D eigenvalue weighted by atomic mass is 10.1. The van der Waals surface area contributed by atoms with E-state index in [1.54, 1.807) is 6.92 Å². The third-order valence-electron chi connectivity index (χ3n) is 2.66. The molecule has 2 heterocycles. The van der Waals surface area contributed by atoms with E-state index in [1.165, 1.54) is 12.3 Å². The zero-order chi connectivity index (χ0) is 16.5. The number of aromatic nitrogens is 1. The maximum absolute atomic E-state index is 12.3. The predicted molar refractivity (Wildman–Crippen MR) is 90.6 cm³/mol. The van der Waals surface area contributed by atoms with Crippen LogP contribution in [0.1, 0.15) is 24.1 Å². The van der Waals surface area contributed by atoms with Crippen LogP contribution in [0.5, 0.6) is 0 Å². The van der Waals surface area contributed by atoms with Crippen molar-refractivity contribution in [2.45, 2.75) is 23.5 Å². The number of carboxylic acids is 1. The first-order chi connectivity index (χ1) is 10.2. The molecule has 0 saturated carbocycles. The molecular weight excluding hydrogens is 436 g/mol. The second kappa shape index (κ2) is 6.83. The molecule has 0 aliphatic carbocycles. The number of carbonyl (C=O) groups is 1. The molecule has 0 amide bonds. The van der Waals surface area contributed by atoms with Crippen LogP contribution < -0.4 is 4.72 Å². The van der Waals surface area contributed by atoms with Crippen molar-refractivity contribution in [3.8, 4) is 0 Å². The molecule has 1 unspecified atom stereocenters. The number of thiophene rings is 1. The van der Waals surface area contributed by atoms with Crippen LogP contribution in [0.15, 0.2) is 20.9 Å². The van der Waals surface area contributed by atoms with E-state index in [0.717, 1.165) is 22.7 Å². The Balaban J connectivity index is 2.26. The summed E-state index contributed by atoms with van der Waals surface area (Å²) in [4.78, 5) is 15.5. The average Bonchev–Trinajstić information content (AvgIpc) is 2.96. The van der Waals surface area contributed by atoms with Gasteiger partial charge in [0, 0.05) is 11.1 Å². The largest absolute Gasteiger partial charge is 0.481 e. The number of carboxylic acid groups (broad SMARTS) is 1. The number of aliphatic carboxylic acids is 1. The zero-order valence-corrected chi connectivity index (χ0v) is 15.8. The number of hydrogen-bond donors (Lipinski definition) is 2. The van der Waals surface area contributed by atoms with E-state index in [1.807, 2.05) is 0 Å². The lowest BCUT2D eigenvalue weighted by molar-refractivity contribution is -0.138. The Kier molecular flexibility index (Phi) is 5.49. The molecule has 22 heavy (non-hydrogen) atoms. The first kappa shape index (κ1) is 17.7. The Morgan fingerprint density at radius 3 is 2.73 bits per heavy atom. The molecule has 0 fully saturated rings. The Morgan fingerprint density at radius 2 is 2.23 bits per heavy atom. The zero-order valence-electron chi connectivity index (χ0n) is 11.0. The van der Waals surface area contributed by atoms with E-state index < -0.39 is 21.9 Å². The van der Waals surface area contributed by atoms with Crippen molar-refractivity contribution in [3.05, 3.63) is 25.9 Å². The molecule has 2 N–H and O–H groups in total. The van der Waals surface area contributed by atoms with Gasteiger partial charge >= 0.3 is 5.97 Å². The smallest absolute Gasteiger partial charge is 0.311 e. The van der Waals surface area contributed by atoms with Gasteiger partial charge in [0.1, 0.15) is 0 Å². The minimum atomic E-state index is -3.82. The molecule has 1 atom stereocenters. The van der Waals surface area contributed by atoms with E-state index in [4.69, 9.17) is 16.7 Å². The van der Waals surface area contributed by atoms with Gasteiger partial charge in [0.25, 0.3) is 10.0 Å². The van der Waals surface area contributed by atoms with E-state index in [2.05, 4.69) is 25.6 Å². The van der Waals surface area contributed by atoms with Crippen LogP contribution in [-0.4, -0.2) is 24.5 Å². The lowest BCUT2D eigenvalue weighted by Gasteiger charge is -2.05. The number of halogens is 2. The van der Waals surface area contributed by atoms with Crippen molar-refractivity contribution in [1.29, 1.82) is 0 Å². The van der Waals surface area contributed by atoms with E-state index in [-0.39, 0.29) is 9.34 Å². The summed E-state index contributed by atoms with van der Waals surface area (Å²) in [5.74, 6) is -1.66. The van der Waals surface area contributed by atoms with Crippen LogP contribution in [0.2, 0.25) is 4.34 Å². The Morgan fingerprint density at radius 1 is 1.55 bits per heavy atom. The van der Waals surface area contributed by atoms with Gasteiger partial charge in [0.15, 0.2) is 9.34 Å². The van der Waals surface area contributed by atoms with Crippen molar-refractivity contribution >= 4 is 71.3 Å². The van der Waals surface area contributed by atoms with Crippen molar-refractivity contribution in [1.82, 2.24) is 4.98 Å². The Labute approximate surface area is 148 Å². The molecule has 6 nitrogen and oxygen atoms in total. The lowest BCUT2D eigenvalue weighted by Crippen LogP contribution is -2.11. The molecule has 0 spiro atoms. The second-order valence-electron chi connectivity index (χ2n) is 4.16. The maximum atomic E-state index is 12.3. The second-order valence-corrected chi connectivity index (χ2v) is 9.64. The highest BCUT2D eigenvalue weighted by Crippen LogP contribution is 2.36. The molecular formula is C11H10BrClN2O4S3. The van der Waals surface area contributed by atoms with Crippen molar-refractivity contribution < 1.29 is 18.3 Å². The molecule has 11 heteroatoms. The van der Waals surface area contributed by atoms with Gasteiger partial charge in [-0.2, -0.15) is 0 Å². The number of anilines is 1. The summed E-state index contributed by atoms with van der Waals surface area (Å²) in [5, 5.41) is 9.22. The van der Waals surface area contributed by atoms with Gasteiger partial charge in [-0.15, -0.1) is 22.7 Å². The normalized spacial score (nSPS) is 13.0. The Bertz CT molecular complexity index is 802. The SMILES string of the molecule is CCC(C(=O)O)c1cnc(NS(=O)(=O)c2sc(Cl)cc2Br)s1. The Hall–Kier alpha value is -0.680. The number of nitrogens with zero attached hydrogens (tertiary/aromatic N) is 1. The molecule has 0 saturated heterocycles. The summed E-state index contributed by atoms with van der Waals surface area (Å²) < 4.78 is 27.6. The molecule has 2 aromatic rings. The van der Waals surface area contributed by atoms with Crippen molar-refractivity contribution in [3.63, 3.8) is 0 Å². The van der Waals surface area contributed by atoms with Gasteiger partial charge in [-0.05, 0) is 28.4 Å². The number of sulfonamides is 1. The minimum Gasteiger partial charge on any atom is -0.481 e. The number of nitrogens with one attached hydrogen (secondary N) is 1. The molecule has 0 aromatic carbocycles. The van der Waals surface area contributed by atoms with E-state index >= 15 is 0 Å². The summed E-state index contributed by atoms with van der Waals surface area (Å²) in [6.45, 7) is 1.74. The van der Waals surface area contributed by atoms with E-state index in [9.17, 15) is 13.2 Å².